The van der Waals surface area contributed by atoms with Crippen LogP contribution in [0.1, 0.15) is 11.4 Å². The number of anilines is 1. The van der Waals surface area contributed by atoms with E-state index in [1.807, 2.05) is 41.0 Å². The maximum Gasteiger partial charge on any atom is 0.162 e. The molecule has 5 rings (SSSR count). The molecule has 0 saturated carbocycles. The van der Waals surface area contributed by atoms with Crippen LogP contribution >= 0.6 is 0 Å². The summed E-state index contributed by atoms with van der Waals surface area (Å²) in [6.45, 7) is 0.513. The summed E-state index contributed by atoms with van der Waals surface area (Å²) in [7, 11) is 0. The van der Waals surface area contributed by atoms with Gasteiger partial charge in [-0.3, -0.25) is 4.57 Å². The van der Waals surface area contributed by atoms with E-state index >= 15 is 0 Å². The minimum Gasteiger partial charge on any atom is -0.368 e. The van der Waals surface area contributed by atoms with Gasteiger partial charge < -0.3 is 10.3 Å². The second kappa shape index (κ2) is 7.25. The molecule has 0 aliphatic rings. The molecule has 3 aromatic heterocycles. The molecule has 9 heteroatoms. The molecule has 30 heavy (non-hydrogen) atoms. The topological polar surface area (TPSA) is 108 Å². The molecular formula is C21H15FN8. The maximum atomic E-state index is 14.3. The van der Waals surface area contributed by atoms with Gasteiger partial charge in [-0.05, 0) is 24.3 Å². The number of hydrogen-bond donors (Lipinski definition) is 2. The third-order valence-electron chi connectivity index (χ3n) is 4.82. The normalized spacial score (nSPS) is 11.1. The second-order valence-corrected chi connectivity index (χ2v) is 6.60. The van der Waals surface area contributed by atoms with Gasteiger partial charge in [0.25, 0.3) is 0 Å². The summed E-state index contributed by atoms with van der Waals surface area (Å²) in [6, 6.07) is 14.4. The van der Waals surface area contributed by atoms with Gasteiger partial charge in [-0.15, -0.1) is 0 Å². The molecule has 0 unspecified atom stereocenters. The molecule has 0 atom stereocenters. The van der Waals surface area contributed by atoms with Crippen molar-refractivity contribution in [3.63, 3.8) is 0 Å². The molecular weight excluding hydrogens is 383 g/mol. The molecule has 5 aromatic rings. The van der Waals surface area contributed by atoms with Gasteiger partial charge in [0.15, 0.2) is 11.5 Å². The third kappa shape index (κ3) is 2.91. The molecule has 0 aliphatic carbocycles. The Hall–Kier alpha value is -4.32. The van der Waals surface area contributed by atoms with E-state index in [4.69, 9.17) is 0 Å². The zero-order valence-electron chi connectivity index (χ0n) is 15.7. The highest BCUT2D eigenvalue weighted by molar-refractivity contribution is 5.85. The van der Waals surface area contributed by atoms with Gasteiger partial charge in [0.1, 0.15) is 35.1 Å². The van der Waals surface area contributed by atoms with Crippen molar-refractivity contribution in [2.45, 2.75) is 6.42 Å². The van der Waals surface area contributed by atoms with E-state index in [1.54, 1.807) is 12.4 Å². The smallest absolute Gasteiger partial charge is 0.162 e. The summed E-state index contributed by atoms with van der Waals surface area (Å²) in [4.78, 5) is 20.2. The molecule has 3 heterocycles. The fourth-order valence-corrected chi connectivity index (χ4v) is 3.51. The number of nitrogens with one attached hydrogen (secondary N) is 2. The van der Waals surface area contributed by atoms with E-state index in [1.165, 1.54) is 12.4 Å². The average molecular weight is 398 g/mol. The van der Waals surface area contributed by atoms with Crippen LogP contribution < -0.4 is 5.32 Å². The lowest BCUT2D eigenvalue weighted by Gasteiger charge is -2.11. The number of para-hydroxylation sites is 1. The SMILES string of the molecule is N#Cc1c(F)ccc2nc(CCNc3ncnc4[nH]cnc34)n(-c3ccccc3)c12. The number of nitriles is 1. The quantitative estimate of drug-likeness (QED) is 0.470. The first-order valence-electron chi connectivity index (χ1n) is 9.29. The van der Waals surface area contributed by atoms with Crippen molar-refractivity contribution in [2.75, 3.05) is 11.9 Å². The summed E-state index contributed by atoms with van der Waals surface area (Å²) >= 11 is 0. The summed E-state index contributed by atoms with van der Waals surface area (Å²) in [5.41, 5.74) is 3.14. The molecule has 0 bridgehead atoms. The minimum absolute atomic E-state index is 0.0166. The standard InChI is InChI=1S/C21H15FN8/c22-15-6-7-16-19(14(15)10-23)30(13-4-2-1-3-5-13)17(29-16)8-9-24-20-18-21(26-11-25-18)28-12-27-20/h1-7,11-12H,8-9H2,(H2,24,25,26,27,28). The predicted molar refractivity (Wildman–Crippen MR) is 110 cm³/mol. The van der Waals surface area contributed by atoms with E-state index in [0.29, 0.717) is 46.8 Å². The Morgan fingerprint density at radius 3 is 2.80 bits per heavy atom. The Kier molecular flexibility index (Phi) is 4.29. The van der Waals surface area contributed by atoms with Crippen molar-refractivity contribution in [1.82, 2.24) is 29.5 Å². The lowest BCUT2D eigenvalue weighted by Crippen LogP contribution is -2.11. The fourth-order valence-electron chi connectivity index (χ4n) is 3.51. The number of halogens is 1. The highest BCUT2D eigenvalue weighted by Crippen LogP contribution is 2.27. The second-order valence-electron chi connectivity index (χ2n) is 6.60. The van der Waals surface area contributed by atoms with Gasteiger partial charge in [-0.25, -0.2) is 24.3 Å². The molecule has 2 aromatic carbocycles. The zero-order valence-corrected chi connectivity index (χ0v) is 15.7. The molecule has 0 radical (unpaired) electrons. The molecule has 8 nitrogen and oxygen atoms in total. The minimum atomic E-state index is -0.561. The van der Waals surface area contributed by atoms with Gasteiger partial charge >= 0.3 is 0 Å². The molecule has 146 valence electrons. The Balaban J connectivity index is 1.54. The average Bonchev–Trinajstić information content (AvgIpc) is 3.39. The highest BCUT2D eigenvalue weighted by atomic mass is 19.1. The number of hydrogen-bond acceptors (Lipinski definition) is 6. The van der Waals surface area contributed by atoms with Crippen molar-refractivity contribution in [1.29, 1.82) is 5.26 Å². The lowest BCUT2D eigenvalue weighted by molar-refractivity contribution is 0.625. The molecule has 0 aliphatic heterocycles. The van der Waals surface area contributed by atoms with E-state index in [0.717, 1.165) is 5.69 Å². The van der Waals surface area contributed by atoms with Crippen molar-refractivity contribution < 1.29 is 4.39 Å². The van der Waals surface area contributed by atoms with Crippen LogP contribution in [0, 0.1) is 17.1 Å². The van der Waals surface area contributed by atoms with Crippen LogP contribution in [-0.2, 0) is 6.42 Å². The summed E-state index contributed by atoms with van der Waals surface area (Å²) in [6.07, 6.45) is 3.55. The Morgan fingerprint density at radius 1 is 1.10 bits per heavy atom. The summed E-state index contributed by atoms with van der Waals surface area (Å²) < 4.78 is 16.2. The Bertz CT molecular complexity index is 1400. The van der Waals surface area contributed by atoms with Crippen LogP contribution in [0.4, 0.5) is 10.2 Å². The van der Waals surface area contributed by atoms with Gasteiger partial charge in [0.2, 0.25) is 0 Å². The zero-order chi connectivity index (χ0) is 20.5. The van der Waals surface area contributed by atoms with Gasteiger partial charge in [0, 0.05) is 18.7 Å². The first kappa shape index (κ1) is 17.8. The number of aromatic amines is 1. The molecule has 0 spiro atoms. The number of aromatic nitrogens is 6. The fraction of sp³-hybridized carbons (Fsp3) is 0.0952. The monoisotopic (exact) mass is 398 g/mol. The number of benzene rings is 2. The first-order valence-corrected chi connectivity index (χ1v) is 9.29. The van der Waals surface area contributed by atoms with Crippen LogP contribution in [0.25, 0.3) is 27.9 Å². The van der Waals surface area contributed by atoms with E-state index in [-0.39, 0.29) is 5.56 Å². The van der Waals surface area contributed by atoms with Crippen LogP contribution in [0.2, 0.25) is 0 Å². The number of fused-ring (bicyclic) bond motifs is 2. The Labute approximate surface area is 170 Å². The molecule has 2 N–H and O–H groups in total. The predicted octanol–water partition coefficient (Wildman–Crippen LogP) is 3.36. The lowest BCUT2D eigenvalue weighted by atomic mass is 10.2. The first-order chi connectivity index (χ1) is 14.8. The van der Waals surface area contributed by atoms with Crippen LogP contribution in [-0.4, -0.2) is 36.0 Å². The van der Waals surface area contributed by atoms with E-state index < -0.39 is 5.82 Å². The van der Waals surface area contributed by atoms with E-state index in [2.05, 4.69) is 30.2 Å². The summed E-state index contributed by atoms with van der Waals surface area (Å²) in [5, 5.41) is 12.8. The summed E-state index contributed by atoms with van der Waals surface area (Å²) in [5.74, 6) is 0.763. The number of H-pyrrole nitrogens is 1. The van der Waals surface area contributed by atoms with Gasteiger partial charge in [-0.1, -0.05) is 18.2 Å². The van der Waals surface area contributed by atoms with Gasteiger partial charge in [0.05, 0.1) is 17.4 Å². The van der Waals surface area contributed by atoms with Gasteiger partial charge in [-0.2, -0.15) is 5.26 Å². The largest absolute Gasteiger partial charge is 0.368 e. The van der Waals surface area contributed by atoms with Crippen molar-refractivity contribution in [3.8, 4) is 11.8 Å². The number of nitrogens with zero attached hydrogens (tertiary/aromatic N) is 6. The molecule has 0 saturated heterocycles. The van der Waals surface area contributed by atoms with Crippen molar-refractivity contribution in [3.05, 3.63) is 72.3 Å². The van der Waals surface area contributed by atoms with Crippen molar-refractivity contribution >= 4 is 28.0 Å². The maximum absolute atomic E-state index is 14.3. The Morgan fingerprint density at radius 2 is 1.97 bits per heavy atom. The molecule has 0 amide bonds. The van der Waals surface area contributed by atoms with Crippen LogP contribution in [0.5, 0.6) is 0 Å². The number of rotatable bonds is 5. The molecule has 0 fully saturated rings. The highest BCUT2D eigenvalue weighted by Gasteiger charge is 2.18. The van der Waals surface area contributed by atoms with Crippen LogP contribution in [0.3, 0.4) is 0 Å². The number of imidazole rings is 2. The van der Waals surface area contributed by atoms with E-state index in [9.17, 15) is 9.65 Å². The third-order valence-corrected chi connectivity index (χ3v) is 4.82. The van der Waals surface area contributed by atoms with Crippen molar-refractivity contribution in [2.24, 2.45) is 0 Å². The van der Waals surface area contributed by atoms with Crippen LogP contribution in [0.15, 0.2) is 55.1 Å².